The van der Waals surface area contributed by atoms with Gasteiger partial charge < -0.3 is 10.1 Å². The first-order chi connectivity index (χ1) is 11.2. The van der Waals surface area contributed by atoms with Crippen LogP contribution < -0.4 is 15.4 Å². The number of hydrogen-bond acceptors (Lipinski definition) is 5. The van der Waals surface area contributed by atoms with E-state index < -0.39 is 0 Å². The highest BCUT2D eigenvalue weighted by Crippen LogP contribution is 2.29. The van der Waals surface area contributed by atoms with E-state index in [-0.39, 0.29) is 18.0 Å². The van der Waals surface area contributed by atoms with Crippen LogP contribution in [0, 0.1) is 17.2 Å². The highest BCUT2D eigenvalue weighted by Gasteiger charge is 2.23. The number of nitrogens with one attached hydrogen (secondary N) is 2. The highest BCUT2D eigenvalue weighted by molar-refractivity contribution is 7.22. The number of carbonyl (C=O) groups excluding carboxylic acids is 1. The smallest absolute Gasteiger partial charge is 0.321 e. The van der Waals surface area contributed by atoms with Crippen molar-refractivity contribution in [3.63, 3.8) is 0 Å². The van der Waals surface area contributed by atoms with Crippen molar-refractivity contribution >= 4 is 32.7 Å². The molecule has 1 fully saturated rings. The second-order valence-corrected chi connectivity index (χ2v) is 6.67. The van der Waals surface area contributed by atoms with Gasteiger partial charge in [-0.25, -0.2) is 9.78 Å². The highest BCUT2D eigenvalue weighted by atomic mass is 32.1. The van der Waals surface area contributed by atoms with Crippen LogP contribution in [-0.4, -0.2) is 24.2 Å². The Morgan fingerprint density at radius 1 is 1.48 bits per heavy atom. The summed E-state index contributed by atoms with van der Waals surface area (Å²) in [6.07, 6.45) is 3.55. The van der Waals surface area contributed by atoms with Gasteiger partial charge in [0, 0.05) is 12.0 Å². The predicted molar refractivity (Wildman–Crippen MR) is 89.7 cm³/mol. The van der Waals surface area contributed by atoms with Gasteiger partial charge in [0.15, 0.2) is 5.13 Å². The van der Waals surface area contributed by atoms with Crippen LogP contribution in [0.25, 0.3) is 10.2 Å². The lowest BCUT2D eigenvalue weighted by Gasteiger charge is -2.25. The van der Waals surface area contributed by atoms with E-state index >= 15 is 0 Å². The molecule has 23 heavy (non-hydrogen) atoms. The van der Waals surface area contributed by atoms with Gasteiger partial charge >= 0.3 is 6.03 Å². The molecular formula is C16H18N4O2S. The van der Waals surface area contributed by atoms with E-state index in [4.69, 9.17) is 10.00 Å². The number of hydrogen-bond donors (Lipinski definition) is 2. The molecule has 0 radical (unpaired) electrons. The Hall–Kier alpha value is -2.33. The van der Waals surface area contributed by atoms with Gasteiger partial charge in [-0.05, 0) is 37.5 Å². The molecule has 3 rings (SSSR count). The number of carbonyl (C=O) groups is 1. The van der Waals surface area contributed by atoms with Crippen molar-refractivity contribution in [2.75, 3.05) is 12.4 Å². The molecule has 2 amide bonds. The van der Waals surface area contributed by atoms with Gasteiger partial charge in [-0.3, -0.25) is 5.32 Å². The van der Waals surface area contributed by atoms with Crippen molar-refractivity contribution in [2.45, 2.75) is 31.7 Å². The minimum absolute atomic E-state index is 0.0453. The molecule has 7 heteroatoms. The average molecular weight is 330 g/mol. The Morgan fingerprint density at radius 2 is 2.35 bits per heavy atom. The van der Waals surface area contributed by atoms with Crippen molar-refractivity contribution < 1.29 is 9.53 Å². The summed E-state index contributed by atoms with van der Waals surface area (Å²) in [4.78, 5) is 16.5. The standard InChI is InChI=1S/C16H18N4O2S/c1-22-12-5-6-13-14(8-12)23-16(19-13)20-15(21)18-11-4-2-3-10(7-11)9-17/h5-6,8,10-11H,2-4,7H2,1H3,(H2,18,19,20,21). The molecule has 6 nitrogen and oxygen atoms in total. The minimum atomic E-state index is -0.264. The van der Waals surface area contributed by atoms with E-state index in [1.165, 1.54) is 11.3 Å². The number of aromatic nitrogens is 1. The summed E-state index contributed by atoms with van der Waals surface area (Å²) < 4.78 is 6.15. The van der Waals surface area contributed by atoms with Gasteiger partial charge in [-0.2, -0.15) is 5.26 Å². The summed E-state index contributed by atoms with van der Waals surface area (Å²) in [5.41, 5.74) is 0.827. The molecule has 0 saturated heterocycles. The summed E-state index contributed by atoms with van der Waals surface area (Å²) in [5, 5.41) is 15.3. The van der Waals surface area contributed by atoms with E-state index in [9.17, 15) is 4.79 Å². The molecule has 2 atom stereocenters. The molecule has 2 unspecified atom stereocenters. The number of nitrogens with zero attached hydrogens (tertiary/aromatic N) is 2. The monoisotopic (exact) mass is 330 g/mol. The Kier molecular flexibility index (Phi) is 4.63. The summed E-state index contributed by atoms with van der Waals surface area (Å²) >= 11 is 1.41. The largest absolute Gasteiger partial charge is 0.497 e. The fraction of sp³-hybridized carbons (Fsp3) is 0.438. The molecule has 2 aromatic rings. The molecule has 0 aliphatic heterocycles. The summed E-state index contributed by atoms with van der Waals surface area (Å²) in [6.45, 7) is 0. The number of ether oxygens (including phenoxy) is 1. The fourth-order valence-corrected chi connectivity index (χ4v) is 3.73. The summed E-state index contributed by atoms with van der Waals surface area (Å²) in [5.74, 6) is 0.811. The maximum atomic E-state index is 12.1. The first-order valence-corrected chi connectivity index (χ1v) is 8.41. The maximum absolute atomic E-state index is 12.1. The number of nitriles is 1. The van der Waals surface area contributed by atoms with Crippen LogP contribution in [0.5, 0.6) is 5.75 Å². The first kappa shape index (κ1) is 15.6. The molecule has 1 saturated carbocycles. The lowest BCUT2D eigenvalue weighted by atomic mass is 9.87. The van der Waals surface area contributed by atoms with Gasteiger partial charge in [-0.15, -0.1) is 0 Å². The predicted octanol–water partition coefficient (Wildman–Crippen LogP) is 3.51. The van der Waals surface area contributed by atoms with Crippen LogP contribution in [0.4, 0.5) is 9.93 Å². The quantitative estimate of drug-likeness (QED) is 0.901. The molecule has 120 valence electrons. The Morgan fingerprint density at radius 3 is 3.13 bits per heavy atom. The Labute approximate surface area is 138 Å². The summed E-state index contributed by atoms with van der Waals surface area (Å²) in [6, 6.07) is 7.69. The van der Waals surface area contributed by atoms with Gasteiger partial charge in [0.2, 0.25) is 0 Å². The molecule has 1 aromatic carbocycles. The zero-order chi connectivity index (χ0) is 16.2. The number of urea groups is 1. The van der Waals surface area contributed by atoms with Crippen molar-refractivity contribution in [1.29, 1.82) is 5.26 Å². The molecule has 1 heterocycles. The number of rotatable bonds is 3. The normalized spacial score (nSPS) is 20.7. The molecule has 1 aromatic heterocycles. The number of amides is 2. The zero-order valence-corrected chi connectivity index (χ0v) is 13.7. The third kappa shape index (κ3) is 3.71. The number of thiazole rings is 1. The summed E-state index contributed by atoms with van der Waals surface area (Å²) in [7, 11) is 1.62. The van der Waals surface area contributed by atoms with E-state index in [1.807, 2.05) is 18.2 Å². The Balaban J connectivity index is 1.62. The number of benzene rings is 1. The van der Waals surface area contributed by atoms with Crippen LogP contribution in [0.3, 0.4) is 0 Å². The van der Waals surface area contributed by atoms with E-state index in [0.29, 0.717) is 5.13 Å². The van der Waals surface area contributed by atoms with Crippen LogP contribution >= 0.6 is 11.3 Å². The number of fused-ring (bicyclic) bond motifs is 1. The van der Waals surface area contributed by atoms with Gasteiger partial charge in [0.1, 0.15) is 5.75 Å². The third-order valence-electron chi connectivity index (χ3n) is 4.01. The molecule has 1 aliphatic rings. The molecular weight excluding hydrogens is 312 g/mol. The van der Waals surface area contributed by atoms with Crippen molar-refractivity contribution in [3.8, 4) is 11.8 Å². The SMILES string of the molecule is COc1ccc2nc(NC(=O)NC3CCCC(C#N)C3)sc2c1. The minimum Gasteiger partial charge on any atom is -0.497 e. The molecule has 0 bridgehead atoms. The van der Waals surface area contributed by atoms with E-state index in [2.05, 4.69) is 21.7 Å². The van der Waals surface area contributed by atoms with Gasteiger partial charge in [0.05, 0.1) is 23.4 Å². The average Bonchev–Trinajstić information content (AvgIpc) is 2.95. The Bertz CT molecular complexity index is 752. The van der Waals surface area contributed by atoms with Gasteiger partial charge in [-0.1, -0.05) is 17.8 Å². The number of methoxy groups -OCH3 is 1. The van der Waals surface area contributed by atoms with Crippen LogP contribution in [0.15, 0.2) is 18.2 Å². The van der Waals surface area contributed by atoms with Crippen molar-refractivity contribution in [3.05, 3.63) is 18.2 Å². The van der Waals surface area contributed by atoms with E-state index in [0.717, 1.165) is 41.6 Å². The second kappa shape index (κ2) is 6.84. The fourth-order valence-electron chi connectivity index (χ4n) is 2.84. The van der Waals surface area contributed by atoms with Gasteiger partial charge in [0.25, 0.3) is 0 Å². The zero-order valence-electron chi connectivity index (χ0n) is 12.8. The van der Waals surface area contributed by atoms with E-state index in [1.54, 1.807) is 7.11 Å². The van der Waals surface area contributed by atoms with Crippen LogP contribution in [0.2, 0.25) is 0 Å². The van der Waals surface area contributed by atoms with Crippen LogP contribution in [0.1, 0.15) is 25.7 Å². The van der Waals surface area contributed by atoms with Crippen molar-refractivity contribution in [1.82, 2.24) is 10.3 Å². The first-order valence-electron chi connectivity index (χ1n) is 7.59. The topological polar surface area (TPSA) is 87.0 Å². The molecule has 0 spiro atoms. The lowest BCUT2D eigenvalue weighted by molar-refractivity contribution is 0.241. The second-order valence-electron chi connectivity index (χ2n) is 5.64. The third-order valence-corrected chi connectivity index (χ3v) is 4.94. The van der Waals surface area contributed by atoms with Crippen LogP contribution in [-0.2, 0) is 0 Å². The lowest BCUT2D eigenvalue weighted by Crippen LogP contribution is -2.40. The maximum Gasteiger partial charge on any atom is 0.321 e. The molecule has 2 N–H and O–H groups in total. The molecule has 1 aliphatic carbocycles. The number of anilines is 1. The van der Waals surface area contributed by atoms with Crippen molar-refractivity contribution in [2.24, 2.45) is 5.92 Å².